The molecule has 0 bridgehead atoms. The Balaban J connectivity index is 2.50. The number of alkyl halides is 1. The Morgan fingerprint density at radius 1 is 1.12 bits per heavy atom. The van der Waals surface area contributed by atoms with Crippen LogP contribution in [0, 0.1) is 34.6 Å². The Hall–Kier alpha value is -0.540. The summed E-state index contributed by atoms with van der Waals surface area (Å²) in [7, 11) is 0. The second-order valence-electron chi connectivity index (χ2n) is 4.52. The van der Waals surface area contributed by atoms with Gasteiger partial charge in [-0.1, -0.05) is 15.9 Å². The van der Waals surface area contributed by atoms with Crippen molar-refractivity contribution in [3.05, 3.63) is 44.0 Å². The van der Waals surface area contributed by atoms with E-state index in [2.05, 4.69) is 42.8 Å². The minimum atomic E-state index is 0.249. The molecule has 2 rings (SSSR count). The quantitative estimate of drug-likeness (QED) is 0.680. The summed E-state index contributed by atoms with van der Waals surface area (Å²) in [4.78, 5) is 2.99. The van der Waals surface area contributed by atoms with E-state index in [4.69, 9.17) is 4.42 Å². The third-order valence-electron chi connectivity index (χ3n) is 3.18. The van der Waals surface area contributed by atoms with Crippen LogP contribution in [-0.2, 0) is 0 Å². The number of thiophene rings is 1. The third kappa shape index (κ3) is 2.23. The Morgan fingerprint density at radius 2 is 1.76 bits per heavy atom. The fraction of sp³-hybridized carbons (Fsp3) is 0.429. The lowest BCUT2D eigenvalue weighted by molar-refractivity contribution is 0.500. The van der Waals surface area contributed by atoms with Crippen molar-refractivity contribution in [2.75, 3.05) is 0 Å². The maximum Gasteiger partial charge on any atom is 0.106 e. The van der Waals surface area contributed by atoms with Crippen molar-refractivity contribution < 1.29 is 4.42 Å². The molecule has 92 valence electrons. The lowest BCUT2D eigenvalue weighted by Crippen LogP contribution is -1.94. The van der Waals surface area contributed by atoms with Gasteiger partial charge in [-0.15, -0.1) is 11.3 Å². The molecule has 2 aromatic heterocycles. The second kappa shape index (κ2) is 4.62. The first kappa shape index (κ1) is 12.9. The molecule has 0 amide bonds. The van der Waals surface area contributed by atoms with E-state index in [0.717, 1.165) is 11.5 Å². The molecule has 17 heavy (non-hydrogen) atoms. The molecule has 0 aliphatic rings. The van der Waals surface area contributed by atoms with E-state index >= 15 is 0 Å². The van der Waals surface area contributed by atoms with E-state index in [1.807, 2.05) is 25.2 Å². The minimum absolute atomic E-state index is 0.249. The molecule has 2 aromatic rings. The Morgan fingerprint density at radius 3 is 2.18 bits per heavy atom. The first-order chi connectivity index (χ1) is 7.91. The predicted octanol–water partition coefficient (Wildman–Crippen LogP) is 5.37. The van der Waals surface area contributed by atoms with Gasteiger partial charge >= 0.3 is 0 Å². The highest BCUT2D eigenvalue weighted by Crippen LogP contribution is 2.41. The highest BCUT2D eigenvalue weighted by Gasteiger charge is 2.22. The fourth-order valence-corrected chi connectivity index (χ4v) is 4.56. The van der Waals surface area contributed by atoms with Gasteiger partial charge in [0.15, 0.2) is 0 Å². The summed E-state index contributed by atoms with van der Waals surface area (Å²) in [5, 5.41) is 0. The van der Waals surface area contributed by atoms with E-state index < -0.39 is 0 Å². The summed E-state index contributed by atoms with van der Waals surface area (Å²) in [6, 6.07) is 2.24. The van der Waals surface area contributed by atoms with Gasteiger partial charge in [-0.25, -0.2) is 0 Å². The van der Waals surface area contributed by atoms with Gasteiger partial charge in [0.25, 0.3) is 0 Å². The van der Waals surface area contributed by atoms with Crippen LogP contribution in [0.5, 0.6) is 0 Å². The van der Waals surface area contributed by atoms with Crippen molar-refractivity contribution in [1.29, 1.82) is 0 Å². The minimum Gasteiger partial charge on any atom is -0.466 e. The van der Waals surface area contributed by atoms with Gasteiger partial charge < -0.3 is 4.42 Å². The van der Waals surface area contributed by atoms with E-state index in [9.17, 15) is 0 Å². The number of aryl methyl sites for hydroxylation is 4. The van der Waals surface area contributed by atoms with E-state index in [-0.39, 0.29) is 4.83 Å². The SMILES string of the molecule is Cc1cc(C)c(C(Br)c2c(C)oc(C)c2C)s1. The maximum absolute atomic E-state index is 5.71. The Kier molecular flexibility index (Phi) is 3.50. The van der Waals surface area contributed by atoms with E-state index in [1.165, 1.54) is 26.4 Å². The zero-order chi connectivity index (χ0) is 12.7. The van der Waals surface area contributed by atoms with Crippen LogP contribution < -0.4 is 0 Å². The molecule has 1 nitrogen and oxygen atoms in total. The summed E-state index contributed by atoms with van der Waals surface area (Å²) in [6.45, 7) is 10.5. The van der Waals surface area contributed by atoms with Crippen LogP contribution in [0.3, 0.4) is 0 Å². The molecule has 0 radical (unpaired) electrons. The molecule has 0 aliphatic carbocycles. The van der Waals surface area contributed by atoms with Crippen molar-refractivity contribution in [3.8, 4) is 0 Å². The summed E-state index contributed by atoms with van der Waals surface area (Å²) < 4.78 is 5.71. The number of hydrogen-bond acceptors (Lipinski definition) is 2. The normalized spacial score (nSPS) is 13.1. The van der Waals surface area contributed by atoms with Gasteiger partial charge in [0.2, 0.25) is 0 Å². The molecule has 1 atom stereocenters. The molecule has 3 heteroatoms. The highest BCUT2D eigenvalue weighted by atomic mass is 79.9. The smallest absolute Gasteiger partial charge is 0.106 e. The van der Waals surface area contributed by atoms with Crippen LogP contribution >= 0.6 is 27.3 Å². The first-order valence-corrected chi connectivity index (χ1v) is 7.42. The molecule has 0 fully saturated rings. The van der Waals surface area contributed by atoms with Gasteiger partial charge in [-0.3, -0.25) is 0 Å². The Bertz CT molecular complexity index is 551. The molecule has 0 N–H and O–H groups in total. The largest absolute Gasteiger partial charge is 0.466 e. The lowest BCUT2D eigenvalue weighted by atomic mass is 10.0. The first-order valence-electron chi connectivity index (χ1n) is 5.69. The van der Waals surface area contributed by atoms with Gasteiger partial charge in [0.1, 0.15) is 11.5 Å². The standard InChI is InChI=1S/C14H17BrOS/c1-7-6-8(2)17-14(7)13(15)12-9(3)10(4)16-11(12)5/h6,13H,1-5H3. The molecule has 0 aliphatic heterocycles. The van der Waals surface area contributed by atoms with Gasteiger partial charge in [0.05, 0.1) is 4.83 Å². The number of rotatable bonds is 2. The number of furan rings is 1. The average molecular weight is 313 g/mol. The van der Waals surface area contributed by atoms with E-state index in [0.29, 0.717) is 0 Å². The number of hydrogen-bond donors (Lipinski definition) is 0. The van der Waals surface area contributed by atoms with Crippen LogP contribution in [0.2, 0.25) is 0 Å². The average Bonchev–Trinajstić information content (AvgIpc) is 2.68. The van der Waals surface area contributed by atoms with Crippen LogP contribution in [0.15, 0.2) is 10.5 Å². The summed E-state index contributed by atoms with van der Waals surface area (Å²) in [5.74, 6) is 2.04. The zero-order valence-corrected chi connectivity index (χ0v) is 13.3. The van der Waals surface area contributed by atoms with Gasteiger partial charge in [-0.05, 0) is 51.8 Å². The summed E-state index contributed by atoms with van der Waals surface area (Å²) in [5.41, 5.74) is 3.90. The highest BCUT2D eigenvalue weighted by molar-refractivity contribution is 9.09. The Labute approximate surface area is 115 Å². The van der Waals surface area contributed by atoms with Crippen molar-refractivity contribution in [2.24, 2.45) is 0 Å². The van der Waals surface area contributed by atoms with E-state index in [1.54, 1.807) is 0 Å². The van der Waals surface area contributed by atoms with Gasteiger partial charge in [0, 0.05) is 15.3 Å². The van der Waals surface area contributed by atoms with Crippen LogP contribution in [-0.4, -0.2) is 0 Å². The number of halogens is 1. The van der Waals surface area contributed by atoms with Crippen LogP contribution in [0.1, 0.15) is 42.8 Å². The molecular weight excluding hydrogens is 296 g/mol. The van der Waals surface area contributed by atoms with Crippen LogP contribution in [0.4, 0.5) is 0 Å². The summed E-state index contributed by atoms with van der Waals surface area (Å²) in [6.07, 6.45) is 0. The molecule has 0 aromatic carbocycles. The third-order valence-corrected chi connectivity index (χ3v) is 5.62. The molecule has 0 spiro atoms. The molecule has 1 unspecified atom stereocenters. The van der Waals surface area contributed by atoms with Crippen molar-refractivity contribution in [3.63, 3.8) is 0 Å². The van der Waals surface area contributed by atoms with Crippen molar-refractivity contribution >= 4 is 27.3 Å². The van der Waals surface area contributed by atoms with Crippen LogP contribution in [0.25, 0.3) is 0 Å². The van der Waals surface area contributed by atoms with Gasteiger partial charge in [-0.2, -0.15) is 0 Å². The monoisotopic (exact) mass is 312 g/mol. The maximum atomic E-state index is 5.71. The van der Waals surface area contributed by atoms with Crippen molar-refractivity contribution in [2.45, 2.75) is 39.4 Å². The molecule has 0 saturated carbocycles. The lowest BCUT2D eigenvalue weighted by Gasteiger charge is -2.10. The summed E-state index contributed by atoms with van der Waals surface area (Å²) >= 11 is 5.68. The topological polar surface area (TPSA) is 13.1 Å². The molecule has 2 heterocycles. The van der Waals surface area contributed by atoms with Crippen molar-refractivity contribution in [1.82, 2.24) is 0 Å². The second-order valence-corrected chi connectivity index (χ2v) is 6.72. The molecular formula is C14H17BrOS. The molecule has 0 saturated heterocycles. The zero-order valence-electron chi connectivity index (χ0n) is 10.8. The predicted molar refractivity (Wildman–Crippen MR) is 77.5 cm³/mol. The fourth-order valence-electron chi connectivity index (χ4n) is 2.23.